The fraction of sp³-hybridized carbons (Fsp3) is 0.278. The fourth-order valence-electron chi connectivity index (χ4n) is 2.46. The van der Waals surface area contributed by atoms with Crippen molar-refractivity contribution in [3.63, 3.8) is 0 Å². The molecule has 0 aliphatic heterocycles. The first-order valence-electron chi connectivity index (χ1n) is 7.84. The number of carbonyl (C=O) groups is 1. The van der Waals surface area contributed by atoms with Crippen LogP contribution >= 0.6 is 0 Å². The van der Waals surface area contributed by atoms with Crippen LogP contribution in [0.1, 0.15) is 35.2 Å². The van der Waals surface area contributed by atoms with Crippen molar-refractivity contribution in [1.82, 2.24) is 10.0 Å². The van der Waals surface area contributed by atoms with Crippen LogP contribution in [-0.2, 0) is 10.0 Å². The zero-order valence-electron chi connectivity index (χ0n) is 13.8. The van der Waals surface area contributed by atoms with E-state index in [4.69, 9.17) is 0 Å². The molecule has 0 saturated carbocycles. The Kier molecular flexibility index (Phi) is 6.11. The van der Waals surface area contributed by atoms with E-state index in [2.05, 4.69) is 17.0 Å². The zero-order chi connectivity index (χ0) is 17.6. The standard InChI is InChI=1S/C18H22N2O3S/c1-3-14(15-8-5-4-6-9-15)13-20-18(21)16-10-7-11-17(12-16)24(22,23)19-2/h4-12,14,19H,3,13H2,1-2H3,(H,20,21)/t14-/m1/s1. The van der Waals surface area contributed by atoms with Gasteiger partial charge in [-0.1, -0.05) is 43.3 Å². The Morgan fingerprint density at radius 3 is 2.42 bits per heavy atom. The smallest absolute Gasteiger partial charge is 0.251 e. The van der Waals surface area contributed by atoms with E-state index in [0.29, 0.717) is 12.1 Å². The van der Waals surface area contributed by atoms with Gasteiger partial charge in [0.15, 0.2) is 0 Å². The maximum absolute atomic E-state index is 12.3. The first-order valence-corrected chi connectivity index (χ1v) is 9.33. The van der Waals surface area contributed by atoms with Crippen LogP contribution in [0.3, 0.4) is 0 Å². The highest BCUT2D eigenvalue weighted by Gasteiger charge is 2.15. The number of carbonyl (C=O) groups excluding carboxylic acids is 1. The van der Waals surface area contributed by atoms with Gasteiger partial charge >= 0.3 is 0 Å². The van der Waals surface area contributed by atoms with Gasteiger partial charge in [-0.2, -0.15) is 0 Å². The summed E-state index contributed by atoms with van der Waals surface area (Å²) >= 11 is 0. The average Bonchev–Trinajstić information content (AvgIpc) is 2.63. The maximum atomic E-state index is 12.3. The van der Waals surface area contributed by atoms with Gasteiger partial charge in [-0.25, -0.2) is 13.1 Å². The Hall–Kier alpha value is -2.18. The summed E-state index contributed by atoms with van der Waals surface area (Å²) < 4.78 is 25.9. The van der Waals surface area contributed by atoms with E-state index < -0.39 is 10.0 Å². The second kappa shape index (κ2) is 8.08. The van der Waals surface area contributed by atoms with E-state index in [1.165, 1.54) is 24.7 Å². The third-order valence-corrected chi connectivity index (χ3v) is 5.36. The third-order valence-electron chi connectivity index (χ3n) is 3.95. The zero-order valence-corrected chi connectivity index (χ0v) is 14.6. The molecule has 0 saturated heterocycles. The number of hydrogen-bond donors (Lipinski definition) is 2. The lowest BCUT2D eigenvalue weighted by Gasteiger charge is -2.16. The second-order valence-corrected chi connectivity index (χ2v) is 7.35. The van der Waals surface area contributed by atoms with Crippen molar-refractivity contribution < 1.29 is 13.2 Å². The summed E-state index contributed by atoms with van der Waals surface area (Å²) in [6, 6.07) is 16.0. The topological polar surface area (TPSA) is 75.3 Å². The van der Waals surface area contributed by atoms with Crippen LogP contribution in [0.4, 0.5) is 0 Å². The molecule has 1 atom stereocenters. The lowest BCUT2D eigenvalue weighted by molar-refractivity contribution is 0.0950. The van der Waals surface area contributed by atoms with E-state index in [-0.39, 0.29) is 16.7 Å². The highest BCUT2D eigenvalue weighted by atomic mass is 32.2. The summed E-state index contributed by atoms with van der Waals surface area (Å²) in [5, 5.41) is 2.89. The van der Waals surface area contributed by atoms with Gasteiger partial charge < -0.3 is 5.32 Å². The van der Waals surface area contributed by atoms with Gasteiger partial charge in [-0.3, -0.25) is 4.79 Å². The summed E-state index contributed by atoms with van der Waals surface area (Å²) in [6.45, 7) is 2.58. The van der Waals surface area contributed by atoms with Crippen LogP contribution in [0.25, 0.3) is 0 Å². The van der Waals surface area contributed by atoms with Crippen LogP contribution in [0.5, 0.6) is 0 Å². The molecule has 2 aromatic carbocycles. The molecule has 0 aliphatic carbocycles. The van der Waals surface area contributed by atoms with Crippen LogP contribution < -0.4 is 10.0 Å². The van der Waals surface area contributed by atoms with Crippen molar-refractivity contribution in [3.8, 4) is 0 Å². The number of hydrogen-bond acceptors (Lipinski definition) is 3. The Labute approximate surface area is 143 Å². The van der Waals surface area contributed by atoms with Crippen LogP contribution in [-0.4, -0.2) is 27.9 Å². The van der Waals surface area contributed by atoms with Gasteiger partial charge in [0, 0.05) is 18.0 Å². The van der Waals surface area contributed by atoms with Crippen LogP contribution in [0.15, 0.2) is 59.5 Å². The number of sulfonamides is 1. The summed E-state index contributed by atoms with van der Waals surface area (Å²) in [7, 11) is -2.22. The molecule has 0 aliphatic rings. The van der Waals surface area contributed by atoms with E-state index >= 15 is 0 Å². The van der Waals surface area contributed by atoms with Gasteiger partial charge in [0.2, 0.25) is 10.0 Å². The summed E-state index contributed by atoms with van der Waals surface area (Å²) in [5.74, 6) is -0.0584. The quantitative estimate of drug-likeness (QED) is 0.809. The lowest BCUT2D eigenvalue weighted by Crippen LogP contribution is -2.28. The fourth-order valence-corrected chi connectivity index (χ4v) is 3.24. The van der Waals surface area contributed by atoms with E-state index in [1.54, 1.807) is 12.1 Å². The first kappa shape index (κ1) is 18.2. The summed E-state index contributed by atoms with van der Waals surface area (Å²) in [5.41, 5.74) is 1.50. The van der Waals surface area contributed by atoms with Gasteiger partial charge in [0.05, 0.1) is 4.90 Å². The van der Waals surface area contributed by atoms with Gasteiger partial charge in [0.1, 0.15) is 0 Å². The van der Waals surface area contributed by atoms with Crippen LogP contribution in [0, 0.1) is 0 Å². The van der Waals surface area contributed by atoms with Crippen molar-refractivity contribution >= 4 is 15.9 Å². The predicted octanol–water partition coefficient (Wildman–Crippen LogP) is 2.52. The summed E-state index contributed by atoms with van der Waals surface area (Å²) in [6.07, 6.45) is 0.901. The maximum Gasteiger partial charge on any atom is 0.251 e. The van der Waals surface area contributed by atoms with E-state index in [0.717, 1.165) is 6.42 Å². The Morgan fingerprint density at radius 1 is 1.08 bits per heavy atom. The molecule has 0 heterocycles. The van der Waals surface area contributed by atoms with Crippen LogP contribution in [0.2, 0.25) is 0 Å². The minimum atomic E-state index is -3.56. The molecule has 0 aromatic heterocycles. The Bertz CT molecular complexity index is 789. The SMILES string of the molecule is CC[C@H](CNC(=O)c1cccc(S(=O)(=O)NC)c1)c1ccccc1. The normalized spacial score (nSPS) is 12.6. The minimum Gasteiger partial charge on any atom is -0.351 e. The summed E-state index contributed by atoms with van der Waals surface area (Å²) in [4.78, 5) is 12.4. The third kappa shape index (κ3) is 4.43. The molecule has 5 nitrogen and oxygen atoms in total. The Balaban J connectivity index is 2.09. The van der Waals surface area contributed by atoms with Crippen molar-refractivity contribution in [1.29, 1.82) is 0 Å². The van der Waals surface area contributed by atoms with Crippen molar-refractivity contribution in [2.75, 3.05) is 13.6 Å². The highest BCUT2D eigenvalue weighted by Crippen LogP contribution is 2.18. The van der Waals surface area contributed by atoms with E-state index in [1.807, 2.05) is 30.3 Å². The largest absolute Gasteiger partial charge is 0.351 e. The van der Waals surface area contributed by atoms with Crippen molar-refractivity contribution in [3.05, 3.63) is 65.7 Å². The molecule has 6 heteroatoms. The molecule has 0 fully saturated rings. The molecule has 0 spiro atoms. The van der Waals surface area contributed by atoms with Crippen molar-refractivity contribution in [2.24, 2.45) is 0 Å². The molecule has 0 bridgehead atoms. The van der Waals surface area contributed by atoms with E-state index in [9.17, 15) is 13.2 Å². The average molecular weight is 346 g/mol. The van der Waals surface area contributed by atoms with Crippen molar-refractivity contribution in [2.45, 2.75) is 24.2 Å². The van der Waals surface area contributed by atoms with Gasteiger partial charge in [-0.05, 0) is 37.2 Å². The Morgan fingerprint density at radius 2 is 1.79 bits per heavy atom. The molecule has 0 unspecified atom stereocenters. The molecule has 2 aromatic rings. The number of rotatable bonds is 7. The molecule has 2 rings (SSSR count). The second-order valence-electron chi connectivity index (χ2n) is 5.46. The number of amides is 1. The van der Waals surface area contributed by atoms with Gasteiger partial charge in [-0.15, -0.1) is 0 Å². The molecule has 0 radical (unpaired) electrons. The first-order chi connectivity index (χ1) is 11.5. The monoisotopic (exact) mass is 346 g/mol. The molecular formula is C18H22N2O3S. The molecule has 24 heavy (non-hydrogen) atoms. The predicted molar refractivity (Wildman–Crippen MR) is 94.5 cm³/mol. The minimum absolute atomic E-state index is 0.0766. The molecule has 2 N–H and O–H groups in total. The van der Waals surface area contributed by atoms with Gasteiger partial charge in [0.25, 0.3) is 5.91 Å². The molecule has 128 valence electrons. The number of nitrogens with one attached hydrogen (secondary N) is 2. The highest BCUT2D eigenvalue weighted by molar-refractivity contribution is 7.89. The number of benzene rings is 2. The lowest BCUT2D eigenvalue weighted by atomic mass is 9.96. The molecule has 1 amide bonds. The molecular weight excluding hydrogens is 324 g/mol.